The second-order valence-electron chi connectivity index (χ2n) is 6.42. The molecule has 0 amide bonds. The summed E-state index contributed by atoms with van der Waals surface area (Å²) in [5.41, 5.74) is -0.317. The number of fused-ring (bicyclic) bond motifs is 1. The summed E-state index contributed by atoms with van der Waals surface area (Å²) < 4.78 is 23.2. The average Bonchev–Trinajstić information content (AvgIpc) is 3.31. The number of nitrogens with one attached hydrogen (secondary N) is 1. The highest BCUT2D eigenvalue weighted by molar-refractivity contribution is 5.74. The molecule has 3 heterocycles. The van der Waals surface area contributed by atoms with Gasteiger partial charge in [0.2, 0.25) is 5.95 Å². The standard InChI is InChI=1S/C19H18FN5O3/c1-23-15-16(22-18(23)21-10-13-7-5-9-28-13)24(2)19(27)25(17(15)26)11-12-6-3-4-8-14(12)20/h3-9H,10-11H2,1-2H3,(H,21,22). The quantitative estimate of drug-likeness (QED) is 0.568. The molecule has 0 atom stereocenters. The summed E-state index contributed by atoms with van der Waals surface area (Å²) in [7, 11) is 3.21. The number of furan rings is 1. The molecule has 0 saturated carbocycles. The highest BCUT2D eigenvalue weighted by atomic mass is 19.1. The average molecular weight is 383 g/mol. The summed E-state index contributed by atoms with van der Waals surface area (Å²) in [4.78, 5) is 30.1. The van der Waals surface area contributed by atoms with Crippen LogP contribution in [0.15, 0.2) is 56.7 Å². The van der Waals surface area contributed by atoms with Crippen molar-refractivity contribution in [3.8, 4) is 0 Å². The third-order valence-corrected chi connectivity index (χ3v) is 4.65. The number of anilines is 1. The van der Waals surface area contributed by atoms with E-state index >= 15 is 0 Å². The summed E-state index contributed by atoms with van der Waals surface area (Å²) in [5.74, 6) is 0.655. The van der Waals surface area contributed by atoms with E-state index < -0.39 is 17.1 Å². The van der Waals surface area contributed by atoms with Crippen LogP contribution in [0.1, 0.15) is 11.3 Å². The molecule has 4 aromatic rings. The van der Waals surface area contributed by atoms with Gasteiger partial charge in [0.15, 0.2) is 11.2 Å². The van der Waals surface area contributed by atoms with Crippen LogP contribution in [0.3, 0.4) is 0 Å². The number of halogens is 1. The van der Waals surface area contributed by atoms with Crippen LogP contribution < -0.4 is 16.6 Å². The van der Waals surface area contributed by atoms with Crippen LogP contribution in [-0.4, -0.2) is 18.7 Å². The SMILES string of the molecule is Cn1c(NCc2ccco2)nc2c1c(=O)n(Cc1ccccc1F)c(=O)n2C. The van der Waals surface area contributed by atoms with Gasteiger partial charge in [0, 0.05) is 19.7 Å². The maximum absolute atomic E-state index is 14.0. The first-order valence-electron chi connectivity index (χ1n) is 8.63. The normalized spacial score (nSPS) is 11.2. The molecule has 9 heteroatoms. The molecule has 0 saturated heterocycles. The van der Waals surface area contributed by atoms with E-state index in [2.05, 4.69) is 10.3 Å². The lowest BCUT2D eigenvalue weighted by Gasteiger charge is -2.09. The molecule has 0 aliphatic heterocycles. The smallest absolute Gasteiger partial charge is 0.332 e. The summed E-state index contributed by atoms with van der Waals surface area (Å²) in [5, 5.41) is 3.09. The minimum absolute atomic E-state index is 0.158. The fourth-order valence-electron chi connectivity index (χ4n) is 3.12. The van der Waals surface area contributed by atoms with Gasteiger partial charge in [0.05, 0.1) is 19.4 Å². The number of aryl methyl sites for hydroxylation is 2. The van der Waals surface area contributed by atoms with Crippen molar-refractivity contribution in [2.45, 2.75) is 13.1 Å². The molecular formula is C19H18FN5O3. The van der Waals surface area contributed by atoms with Crippen molar-refractivity contribution in [3.63, 3.8) is 0 Å². The van der Waals surface area contributed by atoms with E-state index in [-0.39, 0.29) is 23.3 Å². The third-order valence-electron chi connectivity index (χ3n) is 4.65. The van der Waals surface area contributed by atoms with E-state index in [0.717, 1.165) is 4.57 Å². The first-order chi connectivity index (χ1) is 13.5. The maximum atomic E-state index is 14.0. The molecule has 144 valence electrons. The predicted octanol–water partition coefficient (Wildman–Crippen LogP) is 1.83. The first-order valence-corrected chi connectivity index (χ1v) is 8.63. The Hall–Kier alpha value is -3.62. The highest BCUT2D eigenvalue weighted by Gasteiger charge is 2.19. The molecule has 0 fully saturated rings. The Morgan fingerprint density at radius 3 is 2.61 bits per heavy atom. The Balaban J connectivity index is 1.80. The van der Waals surface area contributed by atoms with Crippen molar-refractivity contribution in [1.82, 2.24) is 18.7 Å². The van der Waals surface area contributed by atoms with Gasteiger partial charge >= 0.3 is 5.69 Å². The zero-order valence-corrected chi connectivity index (χ0v) is 15.3. The number of rotatable bonds is 5. The van der Waals surface area contributed by atoms with E-state index in [1.165, 1.54) is 17.7 Å². The fraction of sp³-hybridized carbons (Fsp3) is 0.211. The van der Waals surface area contributed by atoms with Gasteiger partial charge in [-0.1, -0.05) is 18.2 Å². The monoisotopic (exact) mass is 383 g/mol. The van der Waals surface area contributed by atoms with Crippen molar-refractivity contribution in [2.24, 2.45) is 14.1 Å². The van der Waals surface area contributed by atoms with Crippen LogP contribution in [0, 0.1) is 5.82 Å². The van der Waals surface area contributed by atoms with Crippen molar-refractivity contribution in [3.05, 3.63) is 80.6 Å². The zero-order chi connectivity index (χ0) is 19.8. The predicted molar refractivity (Wildman–Crippen MR) is 102 cm³/mol. The Morgan fingerprint density at radius 1 is 1.11 bits per heavy atom. The largest absolute Gasteiger partial charge is 0.467 e. The highest BCUT2D eigenvalue weighted by Crippen LogP contribution is 2.15. The second-order valence-corrected chi connectivity index (χ2v) is 6.42. The molecule has 3 aromatic heterocycles. The van der Waals surface area contributed by atoms with Crippen LogP contribution in [-0.2, 0) is 27.2 Å². The van der Waals surface area contributed by atoms with Gasteiger partial charge in [-0.2, -0.15) is 4.98 Å². The van der Waals surface area contributed by atoms with Gasteiger partial charge in [0.1, 0.15) is 11.6 Å². The molecule has 0 aliphatic carbocycles. The Bertz CT molecular complexity index is 1270. The van der Waals surface area contributed by atoms with E-state index in [9.17, 15) is 14.0 Å². The molecule has 0 spiro atoms. The van der Waals surface area contributed by atoms with Gasteiger partial charge in [-0.25, -0.2) is 9.18 Å². The van der Waals surface area contributed by atoms with Gasteiger partial charge in [-0.15, -0.1) is 0 Å². The third kappa shape index (κ3) is 2.90. The molecule has 1 aromatic carbocycles. The topological polar surface area (TPSA) is 87.0 Å². The van der Waals surface area contributed by atoms with Crippen LogP contribution in [0.25, 0.3) is 11.2 Å². The number of imidazole rings is 1. The Labute approximate surface area is 158 Å². The van der Waals surface area contributed by atoms with Crippen LogP contribution in [0.2, 0.25) is 0 Å². The van der Waals surface area contributed by atoms with Gasteiger partial charge in [-0.3, -0.25) is 13.9 Å². The van der Waals surface area contributed by atoms with Crippen LogP contribution >= 0.6 is 0 Å². The molecule has 0 bridgehead atoms. The lowest BCUT2D eigenvalue weighted by molar-refractivity contribution is 0.517. The number of benzene rings is 1. The van der Waals surface area contributed by atoms with E-state index in [4.69, 9.17) is 4.42 Å². The van der Waals surface area contributed by atoms with Crippen LogP contribution in [0.4, 0.5) is 10.3 Å². The molecule has 0 radical (unpaired) electrons. The van der Waals surface area contributed by atoms with E-state index in [0.29, 0.717) is 18.3 Å². The molecule has 0 unspecified atom stereocenters. The number of hydrogen-bond acceptors (Lipinski definition) is 5. The Kier molecular flexibility index (Phi) is 4.34. The number of hydrogen-bond donors (Lipinski definition) is 1. The molecule has 0 aliphatic rings. The van der Waals surface area contributed by atoms with Crippen molar-refractivity contribution >= 4 is 17.1 Å². The minimum atomic E-state index is -0.559. The van der Waals surface area contributed by atoms with Crippen molar-refractivity contribution in [1.29, 1.82) is 0 Å². The molecular weight excluding hydrogens is 365 g/mol. The van der Waals surface area contributed by atoms with Gasteiger partial charge < -0.3 is 14.3 Å². The fourth-order valence-corrected chi connectivity index (χ4v) is 3.12. The van der Waals surface area contributed by atoms with Gasteiger partial charge in [0.25, 0.3) is 5.56 Å². The minimum Gasteiger partial charge on any atom is -0.467 e. The summed E-state index contributed by atoms with van der Waals surface area (Å²) in [6.45, 7) is 0.218. The molecule has 4 rings (SSSR count). The Morgan fingerprint density at radius 2 is 1.89 bits per heavy atom. The lowest BCUT2D eigenvalue weighted by Crippen LogP contribution is -2.40. The first kappa shape index (κ1) is 17.8. The molecule has 8 nitrogen and oxygen atoms in total. The molecule has 28 heavy (non-hydrogen) atoms. The van der Waals surface area contributed by atoms with Crippen molar-refractivity contribution < 1.29 is 8.81 Å². The zero-order valence-electron chi connectivity index (χ0n) is 15.3. The van der Waals surface area contributed by atoms with E-state index in [1.807, 2.05) is 6.07 Å². The summed E-state index contributed by atoms with van der Waals surface area (Å²) >= 11 is 0. The second kappa shape index (κ2) is 6.84. The lowest BCUT2D eigenvalue weighted by atomic mass is 10.2. The number of nitrogens with zero attached hydrogens (tertiary/aromatic N) is 4. The van der Waals surface area contributed by atoms with Crippen molar-refractivity contribution in [2.75, 3.05) is 5.32 Å². The number of aromatic nitrogens is 4. The molecule has 1 N–H and O–H groups in total. The van der Waals surface area contributed by atoms with Gasteiger partial charge in [-0.05, 0) is 18.2 Å². The maximum Gasteiger partial charge on any atom is 0.332 e. The summed E-state index contributed by atoms with van der Waals surface area (Å²) in [6.07, 6.45) is 1.57. The van der Waals surface area contributed by atoms with Crippen LogP contribution in [0.5, 0.6) is 0 Å². The summed E-state index contributed by atoms with van der Waals surface area (Å²) in [6, 6.07) is 9.65. The van der Waals surface area contributed by atoms with E-state index in [1.54, 1.807) is 42.1 Å².